The number of carbonyl (C=O) groups excluding carboxylic acids is 2. The first-order valence-electron chi connectivity index (χ1n) is 18.0. The molecule has 2 amide bonds. The molecule has 246 valence electrons. The molecule has 0 heterocycles. The molecule has 1 aromatic rings. The van der Waals surface area contributed by atoms with Gasteiger partial charge >= 0.3 is 6.09 Å². The smallest absolute Gasteiger partial charge is 0.407 e. The van der Waals surface area contributed by atoms with Crippen LogP contribution in [0.15, 0.2) is 30.3 Å². The summed E-state index contributed by atoms with van der Waals surface area (Å²) in [6, 6.07) is 9.78. The van der Waals surface area contributed by atoms with Crippen molar-refractivity contribution in [3.63, 3.8) is 0 Å². The van der Waals surface area contributed by atoms with Crippen molar-refractivity contribution in [3.8, 4) is 0 Å². The summed E-state index contributed by atoms with van der Waals surface area (Å²) in [6.07, 6.45) is 15.3. The molecular weight excluding hydrogens is 548 g/mol. The molecule has 6 nitrogen and oxygen atoms in total. The lowest BCUT2D eigenvalue weighted by atomic mass is 9.44. The molecule has 0 bridgehead atoms. The molecule has 1 aromatic carbocycles. The highest BCUT2D eigenvalue weighted by atomic mass is 16.5. The Labute approximate surface area is 266 Å². The minimum absolute atomic E-state index is 0.00970. The molecule has 4 saturated carbocycles. The van der Waals surface area contributed by atoms with E-state index in [4.69, 9.17) is 4.74 Å². The lowest BCUT2D eigenvalue weighted by molar-refractivity contribution is -0.168. The molecule has 4 aliphatic rings. The summed E-state index contributed by atoms with van der Waals surface area (Å²) in [4.78, 5) is 24.8. The van der Waals surface area contributed by atoms with Crippen LogP contribution < -0.4 is 10.6 Å². The van der Waals surface area contributed by atoms with Gasteiger partial charge in [-0.3, -0.25) is 4.79 Å². The quantitative estimate of drug-likeness (QED) is 0.210. The van der Waals surface area contributed by atoms with Gasteiger partial charge in [-0.15, -0.1) is 0 Å². The van der Waals surface area contributed by atoms with Gasteiger partial charge < -0.3 is 20.5 Å². The Balaban J connectivity index is 1.00. The number of hydrogen-bond donors (Lipinski definition) is 3. The molecule has 8 unspecified atom stereocenters. The van der Waals surface area contributed by atoms with E-state index in [2.05, 4.69) is 38.3 Å². The van der Waals surface area contributed by atoms with Gasteiger partial charge in [0.1, 0.15) is 6.61 Å². The standard InChI is InChI=1S/C38H60N2O4/c1-26(16-21-35(42)40-27(2)12-9-11-23-39-36(43)44-25-28-13-6-5-7-14-28)31-19-20-32-30-18-17-29-15-8-10-22-37(29,3)33(30)24-34(41)38(31,32)4/h5-7,13-14,26-27,29-34,41H,8-12,15-25H2,1-4H3,(H,39,43)(H,40,42)/t26-,27?,29?,30?,31?,32?,33?,34+,37?,38?/m1/s1. The Morgan fingerprint density at radius 2 is 1.77 bits per heavy atom. The van der Waals surface area contributed by atoms with Crippen LogP contribution in [-0.4, -0.2) is 35.8 Å². The average molecular weight is 609 g/mol. The molecule has 0 radical (unpaired) electrons. The van der Waals surface area contributed by atoms with Crippen LogP contribution >= 0.6 is 0 Å². The molecule has 0 spiro atoms. The van der Waals surface area contributed by atoms with Gasteiger partial charge in [0.25, 0.3) is 0 Å². The van der Waals surface area contributed by atoms with Crippen LogP contribution in [0.4, 0.5) is 4.79 Å². The molecular formula is C38H60N2O4. The largest absolute Gasteiger partial charge is 0.445 e. The predicted octanol–water partition coefficient (Wildman–Crippen LogP) is 8.02. The summed E-state index contributed by atoms with van der Waals surface area (Å²) < 4.78 is 5.26. The van der Waals surface area contributed by atoms with Gasteiger partial charge in [-0.25, -0.2) is 4.79 Å². The number of nitrogens with one attached hydrogen (secondary N) is 2. The second kappa shape index (κ2) is 14.6. The van der Waals surface area contributed by atoms with Crippen molar-refractivity contribution < 1.29 is 19.4 Å². The molecule has 3 N–H and O–H groups in total. The van der Waals surface area contributed by atoms with Gasteiger partial charge in [-0.1, -0.05) is 63.9 Å². The zero-order valence-electron chi connectivity index (χ0n) is 28.0. The number of ether oxygens (including phenoxy) is 1. The lowest BCUT2D eigenvalue weighted by Crippen LogP contribution is -2.58. The predicted molar refractivity (Wildman–Crippen MR) is 176 cm³/mol. The van der Waals surface area contributed by atoms with Gasteiger partial charge in [0.05, 0.1) is 6.10 Å². The van der Waals surface area contributed by atoms with Gasteiger partial charge in [0.2, 0.25) is 5.91 Å². The minimum Gasteiger partial charge on any atom is -0.445 e. The van der Waals surface area contributed by atoms with E-state index in [9.17, 15) is 14.7 Å². The van der Waals surface area contributed by atoms with E-state index in [0.717, 1.165) is 49.5 Å². The summed E-state index contributed by atoms with van der Waals surface area (Å²) in [6.45, 7) is 10.3. The number of aliphatic hydroxyl groups is 1. The van der Waals surface area contributed by atoms with E-state index in [0.29, 0.717) is 42.1 Å². The fourth-order valence-electron chi connectivity index (χ4n) is 10.7. The first kappa shape index (κ1) is 33.3. The van der Waals surface area contributed by atoms with Crippen LogP contribution in [0.5, 0.6) is 0 Å². The zero-order valence-corrected chi connectivity index (χ0v) is 28.0. The van der Waals surface area contributed by atoms with Crippen LogP contribution in [0, 0.1) is 46.3 Å². The average Bonchev–Trinajstić information content (AvgIpc) is 3.38. The molecule has 4 aliphatic carbocycles. The van der Waals surface area contributed by atoms with Crippen molar-refractivity contribution in [1.29, 1.82) is 0 Å². The fourth-order valence-corrected chi connectivity index (χ4v) is 10.7. The maximum absolute atomic E-state index is 12.9. The number of benzene rings is 1. The highest BCUT2D eigenvalue weighted by Crippen LogP contribution is 2.68. The molecule has 4 fully saturated rings. The summed E-state index contributed by atoms with van der Waals surface area (Å²) in [5.74, 6) is 4.05. The lowest BCUT2D eigenvalue weighted by Gasteiger charge is -2.62. The van der Waals surface area contributed by atoms with E-state index in [1.807, 2.05) is 30.3 Å². The second-order valence-corrected chi connectivity index (χ2v) is 15.7. The topological polar surface area (TPSA) is 87.7 Å². The monoisotopic (exact) mass is 608 g/mol. The summed E-state index contributed by atoms with van der Waals surface area (Å²) in [7, 11) is 0. The Bertz CT molecular complexity index is 1100. The molecule has 5 rings (SSSR count). The number of hydrogen-bond acceptors (Lipinski definition) is 4. The van der Waals surface area contributed by atoms with E-state index >= 15 is 0 Å². The van der Waals surface area contributed by atoms with E-state index < -0.39 is 6.09 Å². The molecule has 0 saturated heterocycles. The number of amides is 2. The Hall–Kier alpha value is -2.08. The van der Waals surface area contributed by atoms with Crippen molar-refractivity contribution in [3.05, 3.63) is 35.9 Å². The first-order valence-corrected chi connectivity index (χ1v) is 18.0. The third-order valence-electron chi connectivity index (χ3n) is 13.2. The number of alkyl carbamates (subject to hydrolysis) is 1. The fraction of sp³-hybridized carbons (Fsp3) is 0.789. The van der Waals surface area contributed by atoms with Crippen molar-refractivity contribution >= 4 is 12.0 Å². The molecule has 6 heteroatoms. The van der Waals surface area contributed by atoms with Crippen LogP contribution in [0.25, 0.3) is 0 Å². The molecule has 0 aliphatic heterocycles. The number of fused-ring (bicyclic) bond motifs is 5. The Kier molecular flexibility index (Phi) is 11.0. The van der Waals surface area contributed by atoms with Crippen molar-refractivity contribution in [2.24, 2.45) is 46.3 Å². The minimum atomic E-state index is -0.391. The Morgan fingerprint density at radius 3 is 2.57 bits per heavy atom. The van der Waals surface area contributed by atoms with E-state index in [1.165, 1.54) is 51.4 Å². The Morgan fingerprint density at radius 1 is 0.977 bits per heavy atom. The number of carbonyl (C=O) groups is 2. The maximum Gasteiger partial charge on any atom is 0.407 e. The zero-order chi connectivity index (χ0) is 31.3. The molecule has 10 atom stereocenters. The van der Waals surface area contributed by atoms with Crippen LogP contribution in [0.3, 0.4) is 0 Å². The summed E-state index contributed by atoms with van der Waals surface area (Å²) >= 11 is 0. The van der Waals surface area contributed by atoms with Crippen LogP contribution in [0.1, 0.15) is 123 Å². The maximum atomic E-state index is 12.9. The van der Waals surface area contributed by atoms with Crippen molar-refractivity contribution in [1.82, 2.24) is 10.6 Å². The summed E-state index contributed by atoms with van der Waals surface area (Å²) in [5.41, 5.74) is 1.40. The van der Waals surface area contributed by atoms with Crippen molar-refractivity contribution in [2.45, 2.75) is 136 Å². The van der Waals surface area contributed by atoms with Gasteiger partial charge in [0, 0.05) is 19.0 Å². The highest BCUT2D eigenvalue weighted by molar-refractivity contribution is 5.76. The molecule has 0 aromatic heterocycles. The SMILES string of the molecule is CC(CCCCNC(=O)OCc1ccccc1)NC(=O)CC[C@@H](C)C1CCC2C3CCC4CCCCC4(C)C3C[C@H](O)C21C. The van der Waals surface area contributed by atoms with Gasteiger partial charge in [-0.05, 0) is 129 Å². The van der Waals surface area contributed by atoms with Crippen molar-refractivity contribution in [2.75, 3.05) is 6.54 Å². The normalized spacial score (nSPS) is 35.8. The third kappa shape index (κ3) is 7.16. The van der Waals surface area contributed by atoms with Crippen LogP contribution in [-0.2, 0) is 16.1 Å². The van der Waals surface area contributed by atoms with E-state index in [1.54, 1.807) is 0 Å². The van der Waals surface area contributed by atoms with Gasteiger partial charge in [-0.2, -0.15) is 0 Å². The van der Waals surface area contributed by atoms with Gasteiger partial charge in [0.15, 0.2) is 0 Å². The first-order chi connectivity index (χ1) is 21.1. The molecule has 44 heavy (non-hydrogen) atoms. The highest BCUT2D eigenvalue weighted by Gasteiger charge is 2.63. The van der Waals surface area contributed by atoms with Crippen LogP contribution in [0.2, 0.25) is 0 Å². The number of aliphatic hydroxyl groups excluding tert-OH is 1. The number of unbranched alkanes of at least 4 members (excludes halogenated alkanes) is 1. The van der Waals surface area contributed by atoms with E-state index in [-0.39, 0.29) is 30.1 Å². The third-order valence-corrected chi connectivity index (χ3v) is 13.2. The number of rotatable bonds is 12. The summed E-state index contributed by atoms with van der Waals surface area (Å²) in [5, 5.41) is 17.8. The second-order valence-electron chi connectivity index (χ2n) is 15.7.